The second-order valence-electron chi connectivity index (χ2n) is 4.68. The van der Waals surface area contributed by atoms with Crippen LogP contribution in [0.1, 0.15) is 41.4 Å². The first kappa shape index (κ1) is 14.2. The number of hydrogen-bond donors (Lipinski definition) is 0. The molecular weight excluding hydrogens is 267 g/mol. The summed E-state index contributed by atoms with van der Waals surface area (Å²) in [4.78, 5) is 16.0. The number of hydrogen-bond acceptors (Lipinski definition) is 2. The molecule has 0 saturated carbocycles. The van der Waals surface area contributed by atoms with Gasteiger partial charge in [-0.1, -0.05) is 13.8 Å². The molecule has 0 fully saturated rings. The van der Waals surface area contributed by atoms with Gasteiger partial charge in [-0.15, -0.1) is 0 Å². The number of carbonyl (C=O) groups is 1. The molecule has 0 saturated heterocycles. The Kier molecular flexibility index (Phi) is 3.88. The van der Waals surface area contributed by atoms with E-state index in [1.165, 1.54) is 12.3 Å². The molecule has 2 rings (SSSR count). The molecule has 2 aromatic rings. The zero-order chi connectivity index (χ0) is 14.9. The van der Waals surface area contributed by atoms with Gasteiger partial charge in [-0.2, -0.15) is 0 Å². The molecule has 0 unspecified atom stereocenters. The van der Waals surface area contributed by atoms with Crippen LogP contribution in [-0.2, 0) is 0 Å². The van der Waals surface area contributed by atoms with Crippen LogP contribution in [0.15, 0.2) is 30.5 Å². The summed E-state index contributed by atoms with van der Waals surface area (Å²) in [7, 11) is 0. The van der Waals surface area contributed by atoms with Gasteiger partial charge >= 0.3 is 0 Å². The number of benzene rings is 1. The van der Waals surface area contributed by atoms with E-state index in [1.807, 2.05) is 13.8 Å². The van der Waals surface area contributed by atoms with Gasteiger partial charge in [-0.05, 0) is 35.7 Å². The minimum Gasteiger partial charge on any atom is -0.287 e. The monoisotopic (exact) mass is 279 g/mol. The molecular formula is C15H12F3NO. The van der Waals surface area contributed by atoms with Crippen molar-refractivity contribution < 1.29 is 18.0 Å². The van der Waals surface area contributed by atoms with Crippen molar-refractivity contribution in [2.45, 2.75) is 19.8 Å². The maximum Gasteiger partial charge on any atom is 0.214 e. The second-order valence-corrected chi connectivity index (χ2v) is 4.68. The summed E-state index contributed by atoms with van der Waals surface area (Å²) < 4.78 is 39.6. The molecule has 0 radical (unpaired) electrons. The van der Waals surface area contributed by atoms with E-state index in [-0.39, 0.29) is 11.6 Å². The summed E-state index contributed by atoms with van der Waals surface area (Å²) in [5.74, 6) is -5.09. The lowest BCUT2D eigenvalue weighted by Crippen LogP contribution is -2.09. The highest BCUT2D eigenvalue weighted by Gasteiger charge is 2.21. The van der Waals surface area contributed by atoms with Gasteiger partial charge in [0.1, 0.15) is 5.69 Å². The van der Waals surface area contributed by atoms with Crippen LogP contribution < -0.4 is 0 Å². The Hall–Kier alpha value is -2.17. The van der Waals surface area contributed by atoms with Crippen molar-refractivity contribution in [3.63, 3.8) is 0 Å². The number of nitrogens with zero attached hydrogens (tertiary/aromatic N) is 1. The average Bonchev–Trinajstić information content (AvgIpc) is 2.44. The number of carbonyl (C=O) groups excluding carboxylic acids is 1. The Bertz CT molecular complexity index is 668. The van der Waals surface area contributed by atoms with Gasteiger partial charge in [0.05, 0.1) is 5.56 Å². The molecule has 0 aliphatic rings. The minimum atomic E-state index is -1.66. The molecule has 0 bridgehead atoms. The molecule has 0 aliphatic carbocycles. The quantitative estimate of drug-likeness (QED) is 0.631. The summed E-state index contributed by atoms with van der Waals surface area (Å²) in [5.41, 5.74) is 0.324. The lowest BCUT2D eigenvalue weighted by molar-refractivity contribution is 0.102. The highest BCUT2D eigenvalue weighted by molar-refractivity contribution is 6.07. The van der Waals surface area contributed by atoms with Gasteiger partial charge in [0, 0.05) is 6.20 Å². The molecule has 104 valence electrons. The van der Waals surface area contributed by atoms with E-state index >= 15 is 0 Å². The summed E-state index contributed by atoms with van der Waals surface area (Å²) in [6.07, 6.45) is 1.43. The van der Waals surface area contributed by atoms with E-state index in [0.29, 0.717) is 0 Å². The molecule has 2 nitrogen and oxygen atoms in total. The van der Waals surface area contributed by atoms with Crippen LogP contribution >= 0.6 is 0 Å². The van der Waals surface area contributed by atoms with Gasteiger partial charge in [-0.3, -0.25) is 9.78 Å². The van der Waals surface area contributed by atoms with E-state index in [4.69, 9.17) is 0 Å². The SMILES string of the molecule is CC(C)c1ccnc(C(=O)c2ccc(F)c(F)c2F)c1. The smallest absolute Gasteiger partial charge is 0.214 e. The molecule has 20 heavy (non-hydrogen) atoms. The summed E-state index contributed by atoms with van der Waals surface area (Å²) in [6, 6.07) is 4.90. The molecule has 0 aliphatic heterocycles. The summed E-state index contributed by atoms with van der Waals surface area (Å²) >= 11 is 0. The van der Waals surface area contributed by atoms with Gasteiger partial charge in [0.15, 0.2) is 17.5 Å². The maximum atomic E-state index is 13.6. The maximum absolute atomic E-state index is 13.6. The third-order valence-electron chi connectivity index (χ3n) is 2.96. The normalized spacial score (nSPS) is 10.9. The molecule has 0 atom stereocenters. The minimum absolute atomic E-state index is 0.00103. The molecule has 1 heterocycles. The Labute approximate surface area is 114 Å². The van der Waals surface area contributed by atoms with Crippen molar-refractivity contribution in [1.82, 2.24) is 4.98 Å². The largest absolute Gasteiger partial charge is 0.287 e. The highest BCUT2D eigenvalue weighted by Crippen LogP contribution is 2.20. The lowest BCUT2D eigenvalue weighted by atomic mass is 10.0. The molecule has 0 amide bonds. The van der Waals surface area contributed by atoms with E-state index in [1.54, 1.807) is 6.07 Å². The zero-order valence-electron chi connectivity index (χ0n) is 11.0. The average molecular weight is 279 g/mol. The highest BCUT2D eigenvalue weighted by atomic mass is 19.2. The van der Waals surface area contributed by atoms with Crippen molar-refractivity contribution in [3.8, 4) is 0 Å². The van der Waals surface area contributed by atoms with Crippen molar-refractivity contribution >= 4 is 5.78 Å². The molecule has 0 N–H and O–H groups in total. The van der Waals surface area contributed by atoms with Crippen LogP contribution in [0.25, 0.3) is 0 Å². The third kappa shape index (κ3) is 2.57. The van der Waals surface area contributed by atoms with Crippen LogP contribution in [-0.4, -0.2) is 10.8 Å². The number of halogens is 3. The van der Waals surface area contributed by atoms with Crippen molar-refractivity contribution in [2.75, 3.05) is 0 Å². The van der Waals surface area contributed by atoms with Crippen molar-refractivity contribution in [2.24, 2.45) is 0 Å². The van der Waals surface area contributed by atoms with Crippen LogP contribution in [0.2, 0.25) is 0 Å². The predicted octanol–water partition coefficient (Wildman–Crippen LogP) is 3.85. The standard InChI is InChI=1S/C15H12F3NO/c1-8(2)9-5-6-19-12(7-9)15(20)10-3-4-11(16)14(18)13(10)17/h3-8H,1-2H3. The fraction of sp³-hybridized carbons (Fsp3) is 0.200. The van der Waals surface area contributed by atoms with Crippen LogP contribution in [0.5, 0.6) is 0 Å². The van der Waals surface area contributed by atoms with Crippen LogP contribution in [0.4, 0.5) is 13.2 Å². The van der Waals surface area contributed by atoms with E-state index in [0.717, 1.165) is 17.7 Å². The fourth-order valence-electron chi connectivity index (χ4n) is 1.77. The van der Waals surface area contributed by atoms with Crippen molar-refractivity contribution in [3.05, 3.63) is 64.7 Å². The van der Waals surface area contributed by atoms with Gasteiger partial charge in [0.25, 0.3) is 0 Å². The first-order chi connectivity index (χ1) is 9.41. The zero-order valence-corrected chi connectivity index (χ0v) is 11.0. The molecule has 0 spiro atoms. The summed E-state index contributed by atoms with van der Waals surface area (Å²) in [5, 5.41) is 0. The number of ketones is 1. The predicted molar refractivity (Wildman–Crippen MR) is 68.1 cm³/mol. The van der Waals surface area contributed by atoms with Crippen LogP contribution in [0.3, 0.4) is 0 Å². The van der Waals surface area contributed by atoms with Crippen molar-refractivity contribution in [1.29, 1.82) is 0 Å². The Balaban J connectivity index is 2.47. The molecule has 1 aromatic heterocycles. The number of rotatable bonds is 3. The Morgan fingerprint density at radius 1 is 1.10 bits per heavy atom. The third-order valence-corrected chi connectivity index (χ3v) is 2.96. The molecule has 1 aromatic carbocycles. The number of aromatic nitrogens is 1. The first-order valence-electron chi connectivity index (χ1n) is 6.06. The van der Waals surface area contributed by atoms with E-state index in [9.17, 15) is 18.0 Å². The first-order valence-corrected chi connectivity index (χ1v) is 6.06. The van der Waals surface area contributed by atoms with E-state index < -0.39 is 28.8 Å². The topological polar surface area (TPSA) is 30.0 Å². The Morgan fingerprint density at radius 3 is 2.45 bits per heavy atom. The van der Waals surface area contributed by atoms with Gasteiger partial charge < -0.3 is 0 Å². The molecule has 5 heteroatoms. The lowest BCUT2D eigenvalue weighted by Gasteiger charge is -2.07. The second kappa shape index (κ2) is 5.45. The van der Waals surface area contributed by atoms with E-state index in [2.05, 4.69) is 4.98 Å². The fourth-order valence-corrected chi connectivity index (χ4v) is 1.77. The van der Waals surface area contributed by atoms with Crippen LogP contribution in [0, 0.1) is 17.5 Å². The Morgan fingerprint density at radius 2 is 1.80 bits per heavy atom. The number of pyridine rings is 1. The van der Waals surface area contributed by atoms with Gasteiger partial charge in [0.2, 0.25) is 5.78 Å². The van der Waals surface area contributed by atoms with Gasteiger partial charge in [-0.25, -0.2) is 13.2 Å². The summed E-state index contributed by atoms with van der Waals surface area (Å²) in [6.45, 7) is 3.86.